The van der Waals surface area contributed by atoms with Gasteiger partial charge in [-0.05, 0) is 46.0 Å². The van der Waals surface area contributed by atoms with E-state index in [9.17, 15) is 14.4 Å². The van der Waals surface area contributed by atoms with Crippen molar-refractivity contribution in [2.24, 2.45) is 10.9 Å². The van der Waals surface area contributed by atoms with Gasteiger partial charge in [0.2, 0.25) is 5.60 Å². The van der Waals surface area contributed by atoms with Gasteiger partial charge in [0, 0.05) is 27.8 Å². The van der Waals surface area contributed by atoms with Gasteiger partial charge in [-0.3, -0.25) is 14.5 Å². The number of ether oxygens (including phenoxy) is 3. The fourth-order valence-electron chi connectivity index (χ4n) is 9.61. The number of oxime groups is 1. The number of aromatic nitrogens is 1. The number of methoxy groups -OCH3 is 1. The van der Waals surface area contributed by atoms with E-state index in [2.05, 4.69) is 47.0 Å². The number of nitrogens with one attached hydrogen (secondary N) is 2. The molecule has 0 bridgehead atoms. The van der Waals surface area contributed by atoms with Crippen molar-refractivity contribution >= 4 is 57.8 Å². The summed E-state index contributed by atoms with van der Waals surface area (Å²) in [5.41, 5.74) is 8.95. The first-order chi connectivity index (χ1) is 38.2. The number of rotatable bonds is 20. The Morgan fingerprint density at radius 1 is 0.705 bits per heavy atom. The largest absolute Gasteiger partial charge is 0.497 e. The number of allylic oxidation sites excluding steroid dienone is 1. The summed E-state index contributed by atoms with van der Waals surface area (Å²) in [5, 5.41) is 13.1. The maximum Gasteiger partial charge on any atom is 0.404 e. The SMILES string of the molecule is COc1ccc(COC(=O)C2=C(/C=C\COC(N)=O)CS[C@H]3C(NC(=O)/C(=N\OC(c4ccccc4)(c4ccccc4)c4ccccc4)c4csc(NC(c5ccccc5)(c5ccccc5)c5ccccc5)n4)C(=O)N23)cc1. The molecule has 1 unspecified atom stereocenters. The Labute approximate surface area is 459 Å². The van der Waals surface area contributed by atoms with Crippen molar-refractivity contribution in [3.63, 3.8) is 0 Å². The van der Waals surface area contributed by atoms with Crippen LogP contribution in [0.25, 0.3) is 0 Å². The molecule has 0 aliphatic carbocycles. The van der Waals surface area contributed by atoms with E-state index in [0.717, 1.165) is 33.4 Å². The first-order valence-corrected chi connectivity index (χ1v) is 26.8. The molecular weight excluding hydrogens is 1020 g/mol. The molecular formula is C62H52N6O8S2. The highest BCUT2D eigenvalue weighted by atomic mass is 32.2. The second kappa shape index (κ2) is 23.7. The van der Waals surface area contributed by atoms with E-state index in [0.29, 0.717) is 22.0 Å². The fourth-order valence-corrected chi connectivity index (χ4v) is 11.7. The van der Waals surface area contributed by atoms with Crippen LogP contribution in [0.1, 0.15) is 44.6 Å². The van der Waals surface area contributed by atoms with Crippen LogP contribution in [0.5, 0.6) is 5.75 Å². The molecule has 0 saturated carbocycles. The number of benzene rings is 7. The lowest BCUT2D eigenvalue weighted by Crippen LogP contribution is -2.71. The van der Waals surface area contributed by atoms with Crippen LogP contribution in [0.3, 0.4) is 0 Å². The van der Waals surface area contributed by atoms with Crippen molar-refractivity contribution in [3.05, 3.63) is 280 Å². The summed E-state index contributed by atoms with van der Waals surface area (Å²) in [7, 11) is 1.56. The number of fused-ring (bicyclic) bond motifs is 1. The molecule has 0 spiro atoms. The second-order valence-electron chi connectivity index (χ2n) is 18.0. The monoisotopic (exact) mass is 1070 g/mol. The molecule has 3 amide bonds. The van der Waals surface area contributed by atoms with Gasteiger partial charge in [-0.25, -0.2) is 14.6 Å². The minimum atomic E-state index is -1.39. The zero-order valence-electron chi connectivity index (χ0n) is 42.1. The minimum Gasteiger partial charge on any atom is -0.497 e. The molecule has 7 aromatic carbocycles. The molecule has 1 fully saturated rings. The first kappa shape index (κ1) is 52.2. The molecule has 14 nitrogen and oxygen atoms in total. The van der Waals surface area contributed by atoms with Gasteiger partial charge < -0.3 is 35.4 Å². The van der Waals surface area contributed by atoms with Gasteiger partial charge >= 0.3 is 12.1 Å². The fraction of sp³-hybridized carbons (Fsp3) is 0.129. The summed E-state index contributed by atoms with van der Waals surface area (Å²) in [5.74, 6) is -1.22. The highest BCUT2D eigenvalue weighted by Crippen LogP contribution is 2.44. The van der Waals surface area contributed by atoms with Gasteiger partial charge in [-0.15, -0.1) is 23.1 Å². The Kier molecular flexibility index (Phi) is 15.9. The third-order valence-corrected chi connectivity index (χ3v) is 15.4. The van der Waals surface area contributed by atoms with Gasteiger partial charge in [-0.1, -0.05) is 205 Å². The number of esters is 1. The van der Waals surface area contributed by atoms with E-state index in [-0.39, 0.29) is 36.1 Å². The maximum atomic E-state index is 15.3. The smallest absolute Gasteiger partial charge is 0.404 e. The van der Waals surface area contributed by atoms with E-state index in [1.54, 1.807) is 42.8 Å². The summed E-state index contributed by atoms with van der Waals surface area (Å²) in [6.07, 6.45) is 2.14. The van der Waals surface area contributed by atoms with Crippen molar-refractivity contribution in [2.45, 2.75) is 29.2 Å². The van der Waals surface area contributed by atoms with Crippen LogP contribution in [-0.4, -0.2) is 70.4 Å². The quantitative estimate of drug-likeness (QED) is 0.0217. The van der Waals surface area contributed by atoms with Crippen molar-refractivity contribution in [1.29, 1.82) is 0 Å². The second-order valence-corrected chi connectivity index (χ2v) is 20.0. The van der Waals surface area contributed by atoms with Crippen molar-refractivity contribution in [3.8, 4) is 5.75 Å². The van der Waals surface area contributed by atoms with Crippen LogP contribution in [0.15, 0.2) is 240 Å². The van der Waals surface area contributed by atoms with Crippen LogP contribution < -0.4 is 21.1 Å². The molecule has 8 aromatic rings. The Morgan fingerprint density at radius 2 is 1.21 bits per heavy atom. The number of carbonyl (C=O) groups is 4. The Bertz CT molecular complexity index is 3280. The van der Waals surface area contributed by atoms with Crippen LogP contribution in [0.2, 0.25) is 0 Å². The average Bonchev–Trinajstić information content (AvgIpc) is 4.10. The number of nitrogens with two attached hydrogens (primary N) is 1. The predicted octanol–water partition coefficient (Wildman–Crippen LogP) is 10.3. The van der Waals surface area contributed by atoms with Crippen LogP contribution in [0, 0.1) is 0 Å². The van der Waals surface area contributed by atoms with Gasteiger partial charge in [0.05, 0.1) is 7.11 Å². The number of anilines is 1. The zero-order valence-corrected chi connectivity index (χ0v) is 43.8. The molecule has 1 aromatic heterocycles. The number of carbonyl (C=O) groups excluding carboxylic acids is 4. The normalized spacial score (nSPS) is 15.4. The van der Waals surface area contributed by atoms with Crippen LogP contribution in [0.4, 0.5) is 9.93 Å². The average molecular weight is 1070 g/mol. The van der Waals surface area contributed by atoms with Gasteiger partial charge in [0.15, 0.2) is 10.8 Å². The van der Waals surface area contributed by atoms with Gasteiger partial charge in [0.25, 0.3) is 11.8 Å². The molecule has 2 atom stereocenters. The summed E-state index contributed by atoms with van der Waals surface area (Å²) in [4.78, 5) is 68.8. The first-order valence-electron chi connectivity index (χ1n) is 24.9. The van der Waals surface area contributed by atoms with E-state index in [1.807, 2.05) is 146 Å². The summed E-state index contributed by atoms with van der Waals surface area (Å²) >= 11 is 2.61. The zero-order chi connectivity index (χ0) is 53.9. The number of β-lactam (4-membered cyclic amide) rings is 1. The molecule has 0 radical (unpaired) electrons. The number of thioether (sulfide) groups is 1. The molecule has 4 N–H and O–H groups in total. The predicted molar refractivity (Wildman–Crippen MR) is 301 cm³/mol. The summed E-state index contributed by atoms with van der Waals surface area (Å²) < 4.78 is 16.0. The van der Waals surface area contributed by atoms with E-state index >= 15 is 4.79 Å². The third-order valence-electron chi connectivity index (χ3n) is 13.3. The van der Waals surface area contributed by atoms with E-state index < -0.39 is 46.4 Å². The Morgan fingerprint density at radius 3 is 1.69 bits per heavy atom. The number of nitrogens with zero attached hydrogens (tertiary/aromatic N) is 3. The number of thiazole rings is 1. The van der Waals surface area contributed by atoms with Crippen LogP contribution >= 0.6 is 23.1 Å². The van der Waals surface area contributed by atoms with Crippen molar-refractivity contribution < 1.29 is 38.2 Å². The van der Waals surface area contributed by atoms with E-state index in [4.69, 9.17) is 34.9 Å². The number of hydrogen-bond donors (Lipinski definition) is 3. The summed E-state index contributed by atoms with van der Waals surface area (Å²) in [6.45, 7) is -0.268. The topological polar surface area (TPSA) is 184 Å². The third kappa shape index (κ3) is 10.8. The molecule has 2 aliphatic rings. The van der Waals surface area contributed by atoms with Crippen LogP contribution in [-0.2, 0) is 46.4 Å². The molecule has 1 saturated heterocycles. The minimum absolute atomic E-state index is 0.0115. The van der Waals surface area contributed by atoms with Crippen molar-refractivity contribution in [2.75, 3.05) is 24.8 Å². The van der Waals surface area contributed by atoms with Gasteiger partial charge in [-0.2, -0.15) is 0 Å². The molecule has 78 heavy (non-hydrogen) atoms. The highest BCUT2D eigenvalue weighted by Gasteiger charge is 2.55. The Hall–Kier alpha value is -9.25. The molecule has 3 heterocycles. The standard InChI is InChI=1S/C62H52N6O8S2/c1-73-50-36-34-42(35-37-50)39-75-58(71)54-43(21-20-38-74-59(63)72)40-77-57-53(56(70)68(54)57)65-55(69)52(67-76-62(47-28-14-5-15-29-47,48-30-16-6-17-31-48)49-32-18-7-19-33-49)51-41-78-60(64-51)66-61(44-22-8-2-9-23-44,45-24-10-3-11-25-45)46-26-12-4-13-27-46/h2-37,41,53,57H,38-40H2,1H3,(H2,63,72)(H,64,66)(H,65,69)/b21-20-,67-52-/t53?,57-/m0/s1. The van der Waals surface area contributed by atoms with E-state index in [1.165, 1.54) is 34.1 Å². The summed E-state index contributed by atoms with van der Waals surface area (Å²) in [6, 6.07) is 65.0. The molecule has 16 heteroatoms. The van der Waals surface area contributed by atoms with Crippen molar-refractivity contribution in [1.82, 2.24) is 15.2 Å². The maximum absolute atomic E-state index is 15.3. The lowest BCUT2D eigenvalue weighted by Gasteiger charge is -2.49. The molecule has 390 valence electrons. The van der Waals surface area contributed by atoms with Gasteiger partial charge in [0.1, 0.15) is 47.3 Å². The number of amides is 3. The highest BCUT2D eigenvalue weighted by molar-refractivity contribution is 8.00. The molecule has 10 rings (SSSR count). The Balaban J connectivity index is 1.04. The number of primary amides is 1. The lowest BCUT2D eigenvalue weighted by molar-refractivity contribution is -0.153. The number of hydrogen-bond acceptors (Lipinski definition) is 13. The lowest BCUT2D eigenvalue weighted by atomic mass is 9.77. The molecule has 2 aliphatic heterocycles.